The van der Waals surface area contributed by atoms with Crippen LogP contribution in [-0.2, 0) is 18.9 Å². The molecule has 264 valence electrons. The highest BCUT2D eigenvalue weighted by atomic mass is 16.7. The number of aliphatic hydroxyl groups is 6. The number of ether oxygens (including phenoxy) is 4. The van der Waals surface area contributed by atoms with Crippen LogP contribution < -0.4 is 0 Å². The van der Waals surface area contributed by atoms with E-state index in [4.69, 9.17) is 18.9 Å². The van der Waals surface area contributed by atoms with Gasteiger partial charge in [-0.2, -0.15) is 0 Å². The van der Waals surface area contributed by atoms with E-state index < -0.39 is 54.6 Å². The molecular formula is C36H60O10. The second-order valence-electron chi connectivity index (χ2n) is 17.5. The van der Waals surface area contributed by atoms with Crippen molar-refractivity contribution in [2.75, 3.05) is 6.61 Å². The first kappa shape index (κ1) is 35.2. The van der Waals surface area contributed by atoms with Crippen molar-refractivity contribution in [3.63, 3.8) is 0 Å². The first-order valence-electron chi connectivity index (χ1n) is 17.8. The molecule has 3 saturated heterocycles. The fourth-order valence-corrected chi connectivity index (χ4v) is 10.9. The quantitative estimate of drug-likeness (QED) is 0.236. The average Bonchev–Trinajstić information content (AvgIpc) is 3.33. The Morgan fingerprint density at radius 1 is 0.826 bits per heavy atom. The fraction of sp³-hybridized carbons (Fsp3) is 0.944. The third-order valence-electron chi connectivity index (χ3n) is 13.5. The summed E-state index contributed by atoms with van der Waals surface area (Å²) in [6, 6.07) is 0. The van der Waals surface area contributed by atoms with Crippen molar-refractivity contribution < 1.29 is 49.6 Å². The summed E-state index contributed by atoms with van der Waals surface area (Å²) in [5, 5.41) is 62.9. The van der Waals surface area contributed by atoms with Crippen molar-refractivity contribution >= 4 is 0 Å². The Balaban J connectivity index is 1.15. The van der Waals surface area contributed by atoms with Gasteiger partial charge in [-0.25, -0.2) is 0 Å². The Labute approximate surface area is 274 Å². The van der Waals surface area contributed by atoms with Crippen LogP contribution in [0.4, 0.5) is 0 Å². The van der Waals surface area contributed by atoms with Crippen LogP contribution in [0.2, 0.25) is 0 Å². The molecule has 15 atom stereocenters. The standard InChI is InChI=1S/C36H60O10/c1-32(2,42)24-13-15-35(6)23-10-9-20(36(23,7)17-21(38)30(35)45-24)19-8-11-26-34(5,16-19)14-12-25(44-26)33(3,4)46-31-29(41)28(40)27(39)22(18-37)43-31/h16,20-31,37-42H,8-15,17-18H2,1-7H3/t20-,21-,22-,23+,24+,25+,26+,27-,28+,29+,30+,31+,34+,35+,36-/m1/s1. The lowest BCUT2D eigenvalue weighted by Crippen LogP contribution is -2.63. The lowest BCUT2D eigenvalue weighted by atomic mass is 9.50. The molecule has 3 heterocycles. The predicted octanol–water partition coefficient (Wildman–Crippen LogP) is 2.98. The monoisotopic (exact) mass is 652 g/mol. The number of fused-ring (bicyclic) bond motifs is 4. The van der Waals surface area contributed by atoms with Crippen molar-refractivity contribution in [2.45, 2.75) is 179 Å². The summed E-state index contributed by atoms with van der Waals surface area (Å²) in [5.41, 5.74) is -0.570. The zero-order valence-corrected chi connectivity index (χ0v) is 28.9. The van der Waals surface area contributed by atoms with E-state index in [-0.39, 0.29) is 40.7 Å². The molecule has 0 amide bonds. The minimum Gasteiger partial charge on any atom is -0.394 e. The van der Waals surface area contributed by atoms with Crippen molar-refractivity contribution in [1.29, 1.82) is 0 Å². The minimum atomic E-state index is -1.49. The van der Waals surface area contributed by atoms with Gasteiger partial charge < -0.3 is 49.6 Å². The molecule has 0 spiro atoms. The van der Waals surface area contributed by atoms with Crippen LogP contribution in [0, 0.1) is 28.1 Å². The van der Waals surface area contributed by atoms with E-state index in [2.05, 4.69) is 26.8 Å². The number of hydrogen-bond acceptors (Lipinski definition) is 10. The Morgan fingerprint density at radius 3 is 2.20 bits per heavy atom. The zero-order chi connectivity index (χ0) is 33.6. The largest absolute Gasteiger partial charge is 0.394 e. The lowest BCUT2D eigenvalue weighted by Gasteiger charge is -2.60. The van der Waals surface area contributed by atoms with E-state index in [0.29, 0.717) is 18.3 Å². The minimum absolute atomic E-state index is 0.00189. The zero-order valence-electron chi connectivity index (χ0n) is 28.9. The molecule has 10 heteroatoms. The summed E-state index contributed by atoms with van der Waals surface area (Å²) in [5.74, 6) is 0.846. The molecule has 0 unspecified atom stereocenters. The van der Waals surface area contributed by atoms with Gasteiger partial charge >= 0.3 is 0 Å². The van der Waals surface area contributed by atoms with Gasteiger partial charge in [0.05, 0.1) is 48.3 Å². The predicted molar refractivity (Wildman–Crippen MR) is 169 cm³/mol. The van der Waals surface area contributed by atoms with Crippen LogP contribution in [0.15, 0.2) is 11.6 Å². The second-order valence-corrected chi connectivity index (χ2v) is 17.5. The summed E-state index contributed by atoms with van der Waals surface area (Å²) in [6.07, 6.45) is 2.73. The molecule has 0 bridgehead atoms. The molecule has 6 N–H and O–H groups in total. The van der Waals surface area contributed by atoms with E-state index in [0.717, 1.165) is 51.4 Å². The summed E-state index contributed by atoms with van der Waals surface area (Å²) in [7, 11) is 0. The normalized spacial score (nSPS) is 51.5. The fourth-order valence-electron chi connectivity index (χ4n) is 10.9. The van der Waals surface area contributed by atoms with E-state index >= 15 is 0 Å². The van der Waals surface area contributed by atoms with Gasteiger partial charge in [0.1, 0.15) is 24.4 Å². The highest BCUT2D eigenvalue weighted by molar-refractivity contribution is 5.26. The molecule has 6 rings (SSSR count). The molecule has 3 aliphatic carbocycles. The first-order chi connectivity index (χ1) is 21.3. The van der Waals surface area contributed by atoms with E-state index in [9.17, 15) is 30.6 Å². The van der Waals surface area contributed by atoms with Crippen LogP contribution in [0.1, 0.15) is 106 Å². The molecule has 0 radical (unpaired) electrons. The molecule has 2 saturated carbocycles. The molecular weight excluding hydrogens is 592 g/mol. The van der Waals surface area contributed by atoms with Crippen molar-refractivity contribution in [2.24, 2.45) is 28.1 Å². The molecule has 0 aromatic carbocycles. The maximum Gasteiger partial charge on any atom is 0.187 e. The SMILES string of the molecule is CC(C)(O)[C@@H]1CC[C@@]2(C)[C@@H]3CC[C@H](C4=C[C@]5(C)CC[C@@H](C(C)(C)O[C@@H]6O[C@H](CO)[C@@H](O)[C@H](O)[C@@H]6O)O[C@H]5CC4)[C@@]3(C)C[C@@H](O)[C@@H]2O1. The highest BCUT2D eigenvalue weighted by Crippen LogP contribution is 2.67. The van der Waals surface area contributed by atoms with Crippen molar-refractivity contribution in [3.05, 3.63) is 11.6 Å². The molecule has 6 aliphatic rings. The maximum atomic E-state index is 11.6. The van der Waals surface area contributed by atoms with Gasteiger partial charge in [0.15, 0.2) is 6.29 Å². The van der Waals surface area contributed by atoms with Crippen LogP contribution in [0.5, 0.6) is 0 Å². The van der Waals surface area contributed by atoms with E-state index in [1.807, 2.05) is 13.8 Å². The van der Waals surface area contributed by atoms with Crippen LogP contribution in [0.3, 0.4) is 0 Å². The van der Waals surface area contributed by atoms with Gasteiger partial charge in [-0.05, 0) is 108 Å². The third-order valence-corrected chi connectivity index (χ3v) is 13.5. The average molecular weight is 653 g/mol. The number of aliphatic hydroxyl groups excluding tert-OH is 5. The summed E-state index contributed by atoms with van der Waals surface area (Å²) >= 11 is 0. The summed E-state index contributed by atoms with van der Waals surface area (Å²) in [6.45, 7) is 13.9. The van der Waals surface area contributed by atoms with Gasteiger partial charge in [-0.1, -0.05) is 32.4 Å². The Morgan fingerprint density at radius 2 is 1.52 bits per heavy atom. The van der Waals surface area contributed by atoms with Crippen molar-refractivity contribution in [3.8, 4) is 0 Å². The van der Waals surface area contributed by atoms with Gasteiger partial charge in [-0.3, -0.25) is 0 Å². The lowest BCUT2D eigenvalue weighted by molar-refractivity contribution is -0.338. The van der Waals surface area contributed by atoms with Gasteiger partial charge in [0.25, 0.3) is 0 Å². The number of hydrogen-bond donors (Lipinski definition) is 6. The third kappa shape index (κ3) is 5.74. The van der Waals surface area contributed by atoms with Gasteiger partial charge in [-0.15, -0.1) is 0 Å². The topological polar surface area (TPSA) is 158 Å². The van der Waals surface area contributed by atoms with Crippen molar-refractivity contribution in [1.82, 2.24) is 0 Å². The molecule has 10 nitrogen and oxygen atoms in total. The Bertz CT molecular complexity index is 1150. The van der Waals surface area contributed by atoms with Gasteiger partial charge in [0.2, 0.25) is 0 Å². The second kappa shape index (κ2) is 12.0. The van der Waals surface area contributed by atoms with E-state index in [1.54, 1.807) is 13.8 Å². The van der Waals surface area contributed by atoms with E-state index in [1.165, 1.54) is 5.57 Å². The molecule has 46 heavy (non-hydrogen) atoms. The van der Waals surface area contributed by atoms with Crippen LogP contribution in [0.25, 0.3) is 0 Å². The van der Waals surface area contributed by atoms with Crippen LogP contribution >= 0.6 is 0 Å². The molecule has 0 aromatic rings. The summed E-state index contributed by atoms with van der Waals surface area (Å²) in [4.78, 5) is 0. The smallest absolute Gasteiger partial charge is 0.187 e. The molecule has 3 aliphatic heterocycles. The number of rotatable bonds is 6. The number of allylic oxidation sites excluding steroid dienone is 1. The van der Waals surface area contributed by atoms with Crippen LogP contribution in [-0.4, -0.2) is 110 Å². The highest BCUT2D eigenvalue weighted by Gasteiger charge is 2.65. The Hall–Kier alpha value is -0.660. The Kier molecular flexibility index (Phi) is 9.17. The molecule has 0 aromatic heterocycles. The summed E-state index contributed by atoms with van der Waals surface area (Å²) < 4.78 is 25.1. The van der Waals surface area contributed by atoms with Gasteiger partial charge in [0, 0.05) is 5.41 Å². The maximum absolute atomic E-state index is 11.6. The first-order valence-corrected chi connectivity index (χ1v) is 17.8. The molecule has 5 fully saturated rings.